The summed E-state index contributed by atoms with van der Waals surface area (Å²) >= 11 is 6.36. The summed E-state index contributed by atoms with van der Waals surface area (Å²) in [7, 11) is 0. The molecule has 2 saturated heterocycles. The minimum absolute atomic E-state index is 0. The van der Waals surface area contributed by atoms with Crippen LogP contribution in [0.25, 0.3) is 0 Å². The lowest BCUT2D eigenvalue weighted by Crippen LogP contribution is -2.54. The minimum atomic E-state index is -0.682. The highest BCUT2D eigenvalue weighted by atomic mass is 35.5. The Morgan fingerprint density at radius 3 is 2.56 bits per heavy atom. The molecule has 4 aliphatic rings. The number of benzene rings is 1. The van der Waals surface area contributed by atoms with E-state index in [4.69, 9.17) is 16.3 Å². The third-order valence-electron chi connectivity index (χ3n) is 6.59. The summed E-state index contributed by atoms with van der Waals surface area (Å²) in [5.74, 6) is -0.620. The van der Waals surface area contributed by atoms with E-state index in [1.807, 2.05) is 0 Å². The maximum atomic E-state index is 13.5. The van der Waals surface area contributed by atoms with Crippen molar-refractivity contribution in [1.29, 1.82) is 0 Å². The van der Waals surface area contributed by atoms with Crippen molar-refractivity contribution in [3.8, 4) is 0 Å². The van der Waals surface area contributed by atoms with Crippen LogP contribution in [0.4, 0.5) is 5.69 Å². The number of amides is 2. The fourth-order valence-corrected chi connectivity index (χ4v) is 5.40. The van der Waals surface area contributed by atoms with E-state index in [2.05, 4.69) is 15.5 Å². The fourth-order valence-electron chi connectivity index (χ4n) is 5.04. The lowest BCUT2D eigenvalue weighted by atomic mass is 9.95. The van der Waals surface area contributed by atoms with Crippen LogP contribution in [0.2, 0.25) is 0 Å². The molecule has 34 heavy (non-hydrogen) atoms. The summed E-state index contributed by atoms with van der Waals surface area (Å²) in [4.78, 5) is 40.4. The third-order valence-corrected chi connectivity index (χ3v) is 6.98. The van der Waals surface area contributed by atoms with Crippen LogP contribution in [0.1, 0.15) is 41.6 Å². The lowest BCUT2D eigenvalue weighted by molar-refractivity contribution is -0.139. The van der Waals surface area contributed by atoms with Crippen molar-refractivity contribution in [1.82, 2.24) is 10.2 Å². The van der Waals surface area contributed by atoms with Crippen molar-refractivity contribution >= 4 is 88.9 Å². The number of carbonyl (C=O) groups excluding carboxylic acids is 3. The van der Waals surface area contributed by atoms with Crippen LogP contribution in [0.3, 0.4) is 0 Å². The van der Waals surface area contributed by atoms with E-state index in [1.54, 1.807) is 18.2 Å². The Kier molecular flexibility index (Phi) is 11.8. The van der Waals surface area contributed by atoms with Gasteiger partial charge in [0, 0.05) is 17.7 Å². The Hall–Kier alpha value is -0.920. The van der Waals surface area contributed by atoms with E-state index in [0.29, 0.717) is 12.1 Å². The normalized spacial score (nSPS) is 25.3. The zero-order valence-electron chi connectivity index (χ0n) is 18.4. The molecule has 3 fully saturated rings. The number of nitrogens with one attached hydrogen (secondary N) is 1. The summed E-state index contributed by atoms with van der Waals surface area (Å²) in [6.07, 6.45) is 3.33. The first kappa shape index (κ1) is 31.1. The van der Waals surface area contributed by atoms with Gasteiger partial charge in [0.25, 0.3) is 5.91 Å². The van der Waals surface area contributed by atoms with E-state index in [9.17, 15) is 14.4 Å². The number of nitrogens with zero attached hydrogens (tertiary/aromatic N) is 3. The molecular formula is C21H31ClN4O4S4. The molecule has 190 valence electrons. The van der Waals surface area contributed by atoms with E-state index < -0.39 is 23.6 Å². The van der Waals surface area contributed by atoms with Crippen molar-refractivity contribution in [3.05, 3.63) is 29.3 Å². The van der Waals surface area contributed by atoms with Gasteiger partial charge in [-0.2, -0.15) is 64.2 Å². The Morgan fingerprint density at radius 2 is 1.85 bits per heavy atom. The van der Waals surface area contributed by atoms with Crippen molar-refractivity contribution in [3.63, 3.8) is 0 Å². The predicted molar refractivity (Wildman–Crippen MR) is 149 cm³/mol. The second-order valence-corrected chi connectivity index (χ2v) is 8.99. The molecule has 13 heteroatoms. The molecule has 4 atom stereocenters. The van der Waals surface area contributed by atoms with Crippen LogP contribution in [0, 0.1) is 5.92 Å². The maximum absolute atomic E-state index is 13.5. The standard InChI is InChI=1S/C21H23ClN4O4.4H2S/c22-14-9-26(18-16(27)10-30-19(14)18)21(29)17(11-3-1-2-4-11)24-20(28)12-5-6-15-13(7-12)8-23-25-15;;;;/h5-7,11,14,17-19H,1-4,8-10H2,(H,24,28);4*1H2/t14-,17-,18+,19+;;;;/m0..../s1. The molecule has 1 aromatic carbocycles. The van der Waals surface area contributed by atoms with Gasteiger partial charge >= 0.3 is 0 Å². The van der Waals surface area contributed by atoms with Crippen molar-refractivity contribution < 1.29 is 19.1 Å². The SMILES string of the molecule is O=C(N[C@H](C(=O)N1C[C@H](Cl)[C@H]2OCC(=O)[C@H]21)C1CCCC1)c1ccc2c(c1)CN=N2.S.S.S.S. The Labute approximate surface area is 231 Å². The number of ketones is 1. The first-order valence-electron chi connectivity index (χ1n) is 10.4. The monoisotopic (exact) mass is 566 g/mol. The van der Waals surface area contributed by atoms with Gasteiger partial charge in [-0.05, 0) is 37.0 Å². The molecule has 8 nitrogen and oxygen atoms in total. The zero-order chi connectivity index (χ0) is 20.8. The largest absolute Gasteiger partial charge is 0.366 e. The molecular weight excluding hydrogens is 536 g/mol. The Balaban J connectivity index is 0.00000144. The van der Waals surface area contributed by atoms with Crippen molar-refractivity contribution in [2.75, 3.05) is 13.2 Å². The summed E-state index contributed by atoms with van der Waals surface area (Å²) in [5, 5.41) is 10.5. The van der Waals surface area contributed by atoms with Gasteiger partial charge in [-0.15, -0.1) is 11.6 Å². The van der Waals surface area contributed by atoms with Crippen molar-refractivity contribution in [2.24, 2.45) is 16.1 Å². The van der Waals surface area contributed by atoms with Crippen LogP contribution in [-0.2, 0) is 20.9 Å². The molecule has 5 rings (SSSR count). The molecule has 1 aromatic rings. The zero-order valence-corrected chi connectivity index (χ0v) is 23.2. The number of likely N-dealkylation sites (tertiary alicyclic amines) is 1. The summed E-state index contributed by atoms with van der Waals surface area (Å²) < 4.78 is 5.50. The van der Waals surface area contributed by atoms with Crippen LogP contribution in [0.15, 0.2) is 28.4 Å². The van der Waals surface area contributed by atoms with Gasteiger partial charge in [-0.25, -0.2) is 0 Å². The highest BCUT2D eigenvalue weighted by Gasteiger charge is 2.53. The molecule has 0 radical (unpaired) electrons. The van der Waals surface area contributed by atoms with Gasteiger partial charge in [0.2, 0.25) is 5.91 Å². The average molecular weight is 567 g/mol. The molecule has 0 unspecified atom stereocenters. The second-order valence-electron chi connectivity index (χ2n) is 8.43. The molecule has 1 aliphatic carbocycles. The number of ether oxygens (including phenoxy) is 1. The highest BCUT2D eigenvalue weighted by Crippen LogP contribution is 2.34. The number of hydrogen-bond donors (Lipinski definition) is 1. The van der Waals surface area contributed by atoms with E-state index in [0.717, 1.165) is 36.9 Å². The smallest absolute Gasteiger partial charge is 0.251 e. The van der Waals surface area contributed by atoms with E-state index >= 15 is 0 Å². The van der Waals surface area contributed by atoms with Gasteiger partial charge in [-0.1, -0.05) is 12.8 Å². The van der Waals surface area contributed by atoms with Crippen molar-refractivity contribution in [2.45, 2.75) is 55.8 Å². The van der Waals surface area contributed by atoms with E-state index in [1.165, 1.54) is 4.90 Å². The molecule has 0 spiro atoms. The van der Waals surface area contributed by atoms with E-state index in [-0.39, 0.29) is 90.6 Å². The summed E-state index contributed by atoms with van der Waals surface area (Å²) in [6, 6.07) is 3.91. The van der Waals surface area contributed by atoms with Crippen LogP contribution >= 0.6 is 65.6 Å². The molecule has 3 aliphatic heterocycles. The number of azo groups is 1. The lowest BCUT2D eigenvalue weighted by Gasteiger charge is -2.30. The quantitative estimate of drug-likeness (QED) is 0.566. The van der Waals surface area contributed by atoms with Gasteiger partial charge in [0.05, 0.1) is 17.6 Å². The molecule has 3 heterocycles. The number of halogens is 1. The average Bonchev–Trinajstić information content (AvgIpc) is 3.52. The van der Waals surface area contributed by atoms with Gasteiger partial charge in [-0.3, -0.25) is 14.4 Å². The third kappa shape index (κ3) is 5.73. The predicted octanol–water partition coefficient (Wildman–Crippen LogP) is 2.81. The van der Waals surface area contributed by atoms with Gasteiger partial charge < -0.3 is 15.0 Å². The maximum Gasteiger partial charge on any atom is 0.251 e. The molecule has 1 N–H and O–H groups in total. The summed E-state index contributed by atoms with van der Waals surface area (Å²) in [5.41, 5.74) is 2.14. The van der Waals surface area contributed by atoms with Crippen LogP contribution < -0.4 is 5.32 Å². The second kappa shape index (κ2) is 12.9. The number of rotatable bonds is 4. The molecule has 1 saturated carbocycles. The number of alkyl halides is 1. The molecule has 0 bridgehead atoms. The first-order chi connectivity index (χ1) is 14.5. The highest BCUT2D eigenvalue weighted by molar-refractivity contribution is 7.59. The fraction of sp³-hybridized carbons (Fsp3) is 0.571. The number of fused-ring (bicyclic) bond motifs is 2. The molecule has 2 amide bonds. The number of hydrogen-bond acceptors (Lipinski definition) is 6. The van der Waals surface area contributed by atoms with Crippen LogP contribution in [-0.4, -0.2) is 59.2 Å². The molecule has 0 aromatic heterocycles. The number of Topliss-reactive ketones (excluding diaryl/α,β-unsaturated/α-hetero) is 1. The Morgan fingerprint density at radius 1 is 1.15 bits per heavy atom. The van der Waals surface area contributed by atoms with Crippen LogP contribution in [0.5, 0.6) is 0 Å². The summed E-state index contributed by atoms with van der Waals surface area (Å²) in [6.45, 7) is 0.688. The Bertz CT molecular complexity index is 947. The van der Waals surface area contributed by atoms with Gasteiger partial charge in [0.15, 0.2) is 5.78 Å². The first-order valence-corrected chi connectivity index (χ1v) is 10.9. The minimum Gasteiger partial charge on any atom is -0.366 e. The van der Waals surface area contributed by atoms with Gasteiger partial charge in [0.1, 0.15) is 24.8 Å². The topological polar surface area (TPSA) is 100 Å². The number of carbonyl (C=O) groups is 3.